The van der Waals surface area contributed by atoms with Crippen molar-refractivity contribution in [2.24, 2.45) is 0 Å². The topological polar surface area (TPSA) is 86.7 Å². The number of hydrogen-bond donors (Lipinski definition) is 0. The molecule has 0 radical (unpaired) electrons. The SMILES string of the molecule is CCO[Si](OCC)(S(C)(=O)=O)S(C)(=O)=O. The van der Waals surface area contributed by atoms with Gasteiger partial charge in [0.05, 0.1) is 0 Å². The number of rotatable bonds is 6. The summed E-state index contributed by atoms with van der Waals surface area (Å²) in [5, 5.41) is 0. The molecule has 0 N–H and O–H groups in total. The van der Waals surface area contributed by atoms with Gasteiger partial charge in [-0.2, -0.15) is 0 Å². The van der Waals surface area contributed by atoms with E-state index in [1.54, 1.807) is 0 Å². The summed E-state index contributed by atoms with van der Waals surface area (Å²) in [6.45, 7) is -1.25. The summed E-state index contributed by atoms with van der Waals surface area (Å²) in [5.74, 6) is 0. The van der Waals surface area contributed by atoms with Crippen molar-refractivity contribution in [2.45, 2.75) is 13.8 Å². The molecule has 0 unspecified atom stereocenters. The maximum Gasteiger partial charge on any atom is 0.598 e. The molecule has 0 rings (SSSR count). The summed E-state index contributed by atoms with van der Waals surface area (Å²) in [6.07, 6.45) is 1.65. The molecule has 0 atom stereocenters. The van der Waals surface area contributed by atoms with E-state index in [-0.39, 0.29) is 13.2 Å². The normalized spacial score (nSPS) is 14.1. The van der Waals surface area contributed by atoms with Crippen LogP contribution in [0, 0.1) is 0 Å². The van der Waals surface area contributed by atoms with Gasteiger partial charge in [0.1, 0.15) is 0 Å². The van der Waals surface area contributed by atoms with Crippen LogP contribution in [-0.4, -0.2) is 49.4 Å². The maximum atomic E-state index is 11.5. The van der Waals surface area contributed by atoms with Crippen LogP contribution in [0.5, 0.6) is 0 Å². The Kier molecular flexibility index (Phi) is 4.92. The summed E-state index contributed by atoms with van der Waals surface area (Å²) in [6, 6.07) is 0. The van der Waals surface area contributed by atoms with Crippen molar-refractivity contribution in [2.75, 3.05) is 25.7 Å². The van der Waals surface area contributed by atoms with Gasteiger partial charge in [0.2, 0.25) is 0 Å². The molecule has 0 fully saturated rings. The first kappa shape index (κ1) is 15.0. The standard InChI is InChI=1S/C6H16O6S2Si/c1-5-11-15(12-6-2,13(3,7)8)14(4,9)10/h5-6H2,1-4H3. The fourth-order valence-electron chi connectivity index (χ4n) is 1.10. The van der Waals surface area contributed by atoms with Crippen LogP contribution in [0.3, 0.4) is 0 Å². The maximum absolute atomic E-state index is 11.5. The molecule has 92 valence electrons. The van der Waals surface area contributed by atoms with Crippen LogP contribution in [0.2, 0.25) is 0 Å². The number of hydrogen-bond acceptors (Lipinski definition) is 6. The molecule has 15 heavy (non-hydrogen) atoms. The molecule has 0 aliphatic heterocycles. The lowest BCUT2D eigenvalue weighted by Crippen LogP contribution is -2.56. The molecule has 0 spiro atoms. The smallest absolute Gasteiger partial charge is 0.374 e. The van der Waals surface area contributed by atoms with Crippen LogP contribution in [0.1, 0.15) is 13.8 Å². The van der Waals surface area contributed by atoms with E-state index in [1.165, 1.54) is 13.8 Å². The molecular weight excluding hydrogens is 260 g/mol. The van der Waals surface area contributed by atoms with Crippen molar-refractivity contribution in [3.8, 4) is 0 Å². The van der Waals surface area contributed by atoms with Crippen LogP contribution in [0.15, 0.2) is 0 Å². The predicted octanol–water partition coefficient (Wildman–Crippen LogP) is -0.416. The minimum Gasteiger partial charge on any atom is -0.374 e. The highest BCUT2D eigenvalue weighted by Crippen LogP contribution is 2.21. The largest absolute Gasteiger partial charge is 0.598 e. The van der Waals surface area contributed by atoms with Gasteiger partial charge in [0.25, 0.3) is 0 Å². The zero-order chi connectivity index (χ0) is 12.3. The van der Waals surface area contributed by atoms with E-state index in [2.05, 4.69) is 0 Å². The van der Waals surface area contributed by atoms with Gasteiger partial charge in [-0.3, -0.25) is 0 Å². The predicted molar refractivity (Wildman–Crippen MR) is 58.7 cm³/mol. The first-order valence-corrected chi connectivity index (χ1v) is 11.3. The fraction of sp³-hybridized carbons (Fsp3) is 1.00. The third kappa shape index (κ3) is 3.00. The van der Waals surface area contributed by atoms with E-state index in [0.29, 0.717) is 0 Å². The van der Waals surface area contributed by atoms with Gasteiger partial charge in [0, 0.05) is 25.7 Å². The van der Waals surface area contributed by atoms with Crippen LogP contribution in [0.4, 0.5) is 0 Å². The summed E-state index contributed by atoms with van der Waals surface area (Å²) in [4.78, 5) is 0. The zero-order valence-electron chi connectivity index (χ0n) is 9.18. The lowest BCUT2D eigenvalue weighted by Gasteiger charge is -2.24. The highest BCUT2D eigenvalue weighted by molar-refractivity contribution is 8.49. The van der Waals surface area contributed by atoms with Gasteiger partial charge >= 0.3 is 6.86 Å². The molecule has 0 saturated carbocycles. The van der Waals surface area contributed by atoms with Gasteiger partial charge in [-0.1, -0.05) is 0 Å². The van der Waals surface area contributed by atoms with Gasteiger partial charge in [-0.15, -0.1) is 0 Å². The molecule has 0 heterocycles. The molecule has 0 aromatic carbocycles. The van der Waals surface area contributed by atoms with E-state index in [4.69, 9.17) is 8.85 Å². The van der Waals surface area contributed by atoms with Gasteiger partial charge < -0.3 is 8.85 Å². The lowest BCUT2D eigenvalue weighted by atomic mass is 10.9. The summed E-state index contributed by atoms with van der Waals surface area (Å²) in [5.41, 5.74) is 0. The summed E-state index contributed by atoms with van der Waals surface area (Å²) in [7, 11) is -7.80. The minimum atomic E-state index is -4.25. The molecule has 6 nitrogen and oxygen atoms in total. The minimum absolute atomic E-state index is 0.0215. The molecule has 0 bridgehead atoms. The van der Waals surface area contributed by atoms with Crippen molar-refractivity contribution >= 4 is 25.4 Å². The van der Waals surface area contributed by atoms with Crippen molar-refractivity contribution < 1.29 is 25.7 Å². The molecule has 9 heteroatoms. The Morgan fingerprint density at radius 1 is 0.867 bits per heavy atom. The van der Waals surface area contributed by atoms with Gasteiger partial charge in [-0.25, -0.2) is 16.8 Å². The van der Waals surface area contributed by atoms with Crippen LogP contribution in [-0.2, 0) is 27.4 Å². The Hall–Kier alpha value is 0.0369. The monoisotopic (exact) mass is 276 g/mol. The average Bonchev–Trinajstić information content (AvgIpc) is 1.99. The highest BCUT2D eigenvalue weighted by Gasteiger charge is 2.60. The van der Waals surface area contributed by atoms with E-state index >= 15 is 0 Å². The van der Waals surface area contributed by atoms with Crippen LogP contribution < -0.4 is 0 Å². The summed E-state index contributed by atoms with van der Waals surface area (Å²) < 4.78 is 55.9. The molecular formula is C6H16O6S2Si. The third-order valence-corrected chi connectivity index (χ3v) is 17.0. The van der Waals surface area contributed by atoms with Crippen LogP contribution >= 0.6 is 0 Å². The molecule has 0 aromatic rings. The fourth-order valence-corrected chi connectivity index (χ4v) is 13.9. The second-order valence-electron chi connectivity index (χ2n) is 2.91. The Bertz CT molecular complexity index is 357. The molecule has 0 saturated heterocycles. The lowest BCUT2D eigenvalue weighted by molar-refractivity contribution is 0.219. The zero-order valence-corrected chi connectivity index (χ0v) is 11.8. The van der Waals surface area contributed by atoms with Crippen LogP contribution in [0.25, 0.3) is 0 Å². The Labute approximate surface area is 91.0 Å². The van der Waals surface area contributed by atoms with Crippen molar-refractivity contribution in [3.05, 3.63) is 0 Å². The Morgan fingerprint density at radius 3 is 1.27 bits per heavy atom. The van der Waals surface area contributed by atoms with Crippen molar-refractivity contribution in [1.29, 1.82) is 0 Å². The Morgan fingerprint density at radius 2 is 1.13 bits per heavy atom. The van der Waals surface area contributed by atoms with Gasteiger partial charge in [0.15, 0.2) is 18.6 Å². The molecule has 0 amide bonds. The average molecular weight is 276 g/mol. The quantitative estimate of drug-likeness (QED) is 0.613. The van der Waals surface area contributed by atoms with Crippen molar-refractivity contribution in [1.82, 2.24) is 0 Å². The second kappa shape index (κ2) is 4.91. The van der Waals surface area contributed by atoms with Gasteiger partial charge in [-0.05, 0) is 13.8 Å². The second-order valence-corrected chi connectivity index (χ2v) is 16.0. The van der Waals surface area contributed by atoms with E-state index in [0.717, 1.165) is 12.5 Å². The van der Waals surface area contributed by atoms with E-state index in [9.17, 15) is 16.8 Å². The van der Waals surface area contributed by atoms with Crippen molar-refractivity contribution in [3.63, 3.8) is 0 Å². The van der Waals surface area contributed by atoms with E-state index < -0.39 is 25.4 Å². The molecule has 0 aromatic heterocycles. The first-order chi connectivity index (χ1) is 6.62. The first-order valence-electron chi connectivity index (χ1n) is 4.29. The third-order valence-electron chi connectivity index (χ3n) is 1.55. The highest BCUT2D eigenvalue weighted by atomic mass is 32.6. The molecule has 0 aliphatic rings. The molecule has 0 aliphatic carbocycles. The van der Waals surface area contributed by atoms with E-state index in [1.807, 2.05) is 0 Å². The summed E-state index contributed by atoms with van der Waals surface area (Å²) >= 11 is 0. The Balaban J connectivity index is 5.72.